The lowest BCUT2D eigenvalue weighted by Crippen LogP contribution is -2.48. The predicted molar refractivity (Wildman–Crippen MR) is 60.8 cm³/mol. The van der Waals surface area contributed by atoms with E-state index in [0.29, 0.717) is 31.9 Å². The van der Waals surface area contributed by atoms with Gasteiger partial charge in [-0.05, 0) is 12.1 Å². The van der Waals surface area contributed by atoms with Crippen LogP contribution in [0.15, 0.2) is 18.2 Å². The highest BCUT2D eigenvalue weighted by Gasteiger charge is 2.21. The van der Waals surface area contributed by atoms with Crippen molar-refractivity contribution < 1.29 is 9.90 Å². The van der Waals surface area contributed by atoms with Crippen LogP contribution in [0.1, 0.15) is 5.69 Å². The van der Waals surface area contributed by atoms with Gasteiger partial charge in [-0.25, -0.2) is 9.78 Å². The van der Waals surface area contributed by atoms with E-state index in [9.17, 15) is 4.79 Å². The SMILES string of the molecule is N#Cc1cccc(N2CCN(C(=O)O)CC2)n1. The van der Waals surface area contributed by atoms with Gasteiger partial charge in [0.25, 0.3) is 0 Å². The van der Waals surface area contributed by atoms with E-state index in [2.05, 4.69) is 4.98 Å². The second-order valence-corrected chi connectivity index (χ2v) is 3.75. The van der Waals surface area contributed by atoms with Crippen LogP contribution in [-0.2, 0) is 0 Å². The lowest BCUT2D eigenvalue weighted by atomic mass is 10.3. The minimum absolute atomic E-state index is 0.378. The fraction of sp³-hybridized carbons (Fsp3) is 0.364. The summed E-state index contributed by atoms with van der Waals surface area (Å²) in [5, 5.41) is 17.6. The molecule has 1 saturated heterocycles. The largest absolute Gasteiger partial charge is 0.465 e. The second kappa shape index (κ2) is 4.70. The van der Waals surface area contributed by atoms with E-state index in [-0.39, 0.29) is 0 Å². The van der Waals surface area contributed by atoms with Crippen LogP contribution in [0.25, 0.3) is 0 Å². The number of rotatable bonds is 1. The summed E-state index contributed by atoms with van der Waals surface area (Å²) in [5.41, 5.74) is 0.378. The highest BCUT2D eigenvalue weighted by Crippen LogP contribution is 2.13. The Morgan fingerprint density at radius 2 is 2.06 bits per heavy atom. The van der Waals surface area contributed by atoms with Gasteiger partial charge in [0, 0.05) is 26.2 Å². The van der Waals surface area contributed by atoms with Crippen LogP contribution < -0.4 is 4.90 Å². The highest BCUT2D eigenvalue weighted by molar-refractivity contribution is 5.65. The summed E-state index contributed by atoms with van der Waals surface area (Å²) in [6.07, 6.45) is -0.886. The van der Waals surface area contributed by atoms with Gasteiger partial charge in [0.15, 0.2) is 0 Å². The summed E-state index contributed by atoms with van der Waals surface area (Å²) in [6, 6.07) is 7.25. The molecule has 0 atom stereocenters. The van der Waals surface area contributed by atoms with E-state index >= 15 is 0 Å². The summed E-state index contributed by atoms with van der Waals surface area (Å²) in [7, 11) is 0. The van der Waals surface area contributed by atoms with Crippen molar-refractivity contribution in [2.24, 2.45) is 0 Å². The van der Waals surface area contributed by atoms with Gasteiger partial charge in [-0.3, -0.25) is 0 Å². The second-order valence-electron chi connectivity index (χ2n) is 3.75. The van der Waals surface area contributed by atoms with Gasteiger partial charge in [0.05, 0.1) is 0 Å². The molecule has 0 bridgehead atoms. The average molecular weight is 232 g/mol. The van der Waals surface area contributed by atoms with E-state index in [1.165, 1.54) is 4.90 Å². The summed E-state index contributed by atoms with van der Waals surface area (Å²) in [6.45, 7) is 2.14. The lowest BCUT2D eigenvalue weighted by Gasteiger charge is -2.33. The van der Waals surface area contributed by atoms with Gasteiger partial charge in [0.1, 0.15) is 17.6 Å². The topological polar surface area (TPSA) is 80.5 Å². The van der Waals surface area contributed by atoms with E-state index in [0.717, 1.165) is 5.82 Å². The Kier molecular flexibility index (Phi) is 3.10. The van der Waals surface area contributed by atoms with Crippen LogP contribution in [0.4, 0.5) is 10.6 Å². The van der Waals surface area contributed by atoms with Crippen molar-refractivity contribution in [2.75, 3.05) is 31.1 Å². The first kappa shape index (κ1) is 11.2. The zero-order valence-electron chi connectivity index (χ0n) is 9.20. The van der Waals surface area contributed by atoms with Crippen molar-refractivity contribution in [1.82, 2.24) is 9.88 Å². The third kappa shape index (κ3) is 2.45. The number of hydrogen-bond donors (Lipinski definition) is 1. The molecule has 6 nitrogen and oxygen atoms in total. The van der Waals surface area contributed by atoms with Crippen molar-refractivity contribution in [3.8, 4) is 6.07 Å². The van der Waals surface area contributed by atoms with Crippen molar-refractivity contribution in [2.45, 2.75) is 0 Å². The Morgan fingerprint density at radius 3 is 2.65 bits per heavy atom. The fourth-order valence-electron chi connectivity index (χ4n) is 1.79. The van der Waals surface area contributed by atoms with Gasteiger partial charge in [0.2, 0.25) is 0 Å². The van der Waals surface area contributed by atoms with Crippen LogP contribution in [0.3, 0.4) is 0 Å². The molecule has 1 aromatic rings. The molecule has 0 unspecified atom stereocenters. The number of nitriles is 1. The molecule has 0 saturated carbocycles. The molecule has 1 aliphatic rings. The first-order valence-corrected chi connectivity index (χ1v) is 5.30. The molecule has 1 aromatic heterocycles. The number of carbonyl (C=O) groups is 1. The van der Waals surface area contributed by atoms with Gasteiger partial charge in [-0.2, -0.15) is 5.26 Å². The predicted octanol–water partition coefficient (Wildman–Crippen LogP) is 0.753. The maximum absolute atomic E-state index is 10.7. The van der Waals surface area contributed by atoms with Crippen LogP contribution in [0.2, 0.25) is 0 Å². The lowest BCUT2D eigenvalue weighted by molar-refractivity contribution is 0.142. The van der Waals surface area contributed by atoms with E-state index in [1.807, 2.05) is 17.0 Å². The third-order valence-electron chi connectivity index (χ3n) is 2.72. The third-order valence-corrected chi connectivity index (χ3v) is 2.72. The van der Waals surface area contributed by atoms with Crippen molar-refractivity contribution in [1.29, 1.82) is 5.26 Å². The van der Waals surface area contributed by atoms with Crippen LogP contribution in [-0.4, -0.2) is 47.3 Å². The van der Waals surface area contributed by atoms with Gasteiger partial charge in [-0.1, -0.05) is 6.07 Å². The van der Waals surface area contributed by atoms with Crippen molar-refractivity contribution in [3.05, 3.63) is 23.9 Å². The number of nitrogens with zero attached hydrogens (tertiary/aromatic N) is 4. The molecule has 0 aliphatic carbocycles. The Bertz CT molecular complexity index is 461. The van der Waals surface area contributed by atoms with Crippen LogP contribution in [0, 0.1) is 11.3 Å². The molecule has 2 heterocycles. The van der Waals surface area contributed by atoms with Gasteiger partial charge < -0.3 is 14.9 Å². The maximum atomic E-state index is 10.7. The maximum Gasteiger partial charge on any atom is 0.407 e. The molecule has 1 amide bonds. The minimum atomic E-state index is -0.886. The number of aromatic nitrogens is 1. The molecular formula is C11H12N4O2. The van der Waals surface area contributed by atoms with Crippen molar-refractivity contribution in [3.63, 3.8) is 0 Å². The molecule has 1 N–H and O–H groups in total. The number of pyridine rings is 1. The summed E-state index contributed by atoms with van der Waals surface area (Å²) >= 11 is 0. The number of carboxylic acid groups (broad SMARTS) is 1. The molecular weight excluding hydrogens is 220 g/mol. The Morgan fingerprint density at radius 1 is 1.35 bits per heavy atom. The van der Waals surface area contributed by atoms with Crippen LogP contribution >= 0.6 is 0 Å². The molecule has 17 heavy (non-hydrogen) atoms. The Hall–Kier alpha value is -2.29. The Balaban J connectivity index is 2.05. The van der Waals surface area contributed by atoms with Gasteiger partial charge in [-0.15, -0.1) is 0 Å². The monoisotopic (exact) mass is 232 g/mol. The summed E-state index contributed by atoms with van der Waals surface area (Å²) in [5.74, 6) is 0.731. The van der Waals surface area contributed by atoms with E-state index in [1.54, 1.807) is 12.1 Å². The van der Waals surface area contributed by atoms with E-state index < -0.39 is 6.09 Å². The minimum Gasteiger partial charge on any atom is -0.465 e. The average Bonchev–Trinajstić information content (AvgIpc) is 2.39. The standard InChI is InChI=1S/C11H12N4O2/c12-8-9-2-1-3-10(13-9)14-4-6-15(7-5-14)11(16)17/h1-3H,4-7H2,(H,16,17). The molecule has 88 valence electrons. The fourth-order valence-corrected chi connectivity index (χ4v) is 1.79. The highest BCUT2D eigenvalue weighted by atomic mass is 16.4. The zero-order valence-corrected chi connectivity index (χ0v) is 9.20. The van der Waals surface area contributed by atoms with E-state index in [4.69, 9.17) is 10.4 Å². The van der Waals surface area contributed by atoms with Gasteiger partial charge >= 0.3 is 6.09 Å². The Labute approximate surface area is 98.7 Å². The normalized spacial score (nSPS) is 15.5. The van der Waals surface area contributed by atoms with Crippen molar-refractivity contribution >= 4 is 11.9 Å². The molecule has 0 radical (unpaired) electrons. The molecule has 0 aromatic carbocycles. The molecule has 2 rings (SSSR count). The molecule has 0 spiro atoms. The molecule has 1 fully saturated rings. The number of anilines is 1. The first-order chi connectivity index (χ1) is 8.20. The number of hydrogen-bond acceptors (Lipinski definition) is 4. The summed E-state index contributed by atoms with van der Waals surface area (Å²) in [4.78, 5) is 18.3. The summed E-state index contributed by atoms with van der Waals surface area (Å²) < 4.78 is 0. The zero-order chi connectivity index (χ0) is 12.3. The number of piperazine rings is 1. The first-order valence-electron chi connectivity index (χ1n) is 5.30. The molecule has 1 aliphatic heterocycles. The quantitative estimate of drug-likeness (QED) is 0.772. The van der Waals surface area contributed by atoms with Crippen LogP contribution in [0.5, 0.6) is 0 Å². The molecule has 6 heteroatoms. The smallest absolute Gasteiger partial charge is 0.407 e. The number of amides is 1.